The van der Waals surface area contributed by atoms with E-state index in [2.05, 4.69) is 15.6 Å². The van der Waals surface area contributed by atoms with E-state index in [1.807, 2.05) is 30.3 Å². The van der Waals surface area contributed by atoms with E-state index < -0.39 is 5.79 Å². The first-order valence-electron chi connectivity index (χ1n) is 13.2. The Hall–Kier alpha value is -3.40. The highest BCUT2D eigenvalue weighted by Crippen LogP contribution is 2.43. The topological polar surface area (TPSA) is 98.7 Å². The van der Waals surface area contributed by atoms with E-state index in [-0.39, 0.29) is 17.8 Å². The number of aliphatic imine (C=N–C) groups is 1. The van der Waals surface area contributed by atoms with Crippen LogP contribution in [0.15, 0.2) is 71.3 Å². The summed E-state index contributed by atoms with van der Waals surface area (Å²) >= 11 is 6.05. The first-order valence-corrected chi connectivity index (χ1v) is 13.6. The van der Waals surface area contributed by atoms with Crippen molar-refractivity contribution in [1.29, 1.82) is 0 Å². The summed E-state index contributed by atoms with van der Waals surface area (Å²) < 4.78 is 26.8. The molecule has 39 heavy (non-hydrogen) atoms. The predicted octanol–water partition coefficient (Wildman–Crippen LogP) is 4.59. The maximum Gasteiger partial charge on any atom is 0.190 e. The fraction of sp³-hybridized carbons (Fsp3) is 0.379. The third kappa shape index (κ3) is 5.02. The minimum Gasteiger partial charge on any atom is -0.495 e. The molecule has 2 heterocycles. The third-order valence-electron chi connectivity index (χ3n) is 7.83. The second-order valence-electron chi connectivity index (χ2n) is 10.4. The number of benzene rings is 2. The summed E-state index contributed by atoms with van der Waals surface area (Å²) in [6.45, 7) is 0.556. The van der Waals surface area contributed by atoms with Crippen LogP contribution in [0.1, 0.15) is 42.7 Å². The number of imidazole rings is 1. The molecule has 6 rings (SSSR count). The number of methoxy groups -OCH3 is 2. The first-order chi connectivity index (χ1) is 18.9. The quantitative estimate of drug-likeness (QED) is 0.379. The van der Waals surface area contributed by atoms with Crippen LogP contribution in [0.4, 0.5) is 4.39 Å². The molecule has 2 aliphatic carbocycles. The molecule has 1 aromatic heterocycles. The fourth-order valence-corrected chi connectivity index (χ4v) is 5.79. The van der Waals surface area contributed by atoms with Crippen LogP contribution < -0.4 is 21.1 Å². The minimum absolute atomic E-state index is 0.0480. The molecule has 3 aromatic rings. The van der Waals surface area contributed by atoms with Crippen molar-refractivity contribution in [3.05, 3.63) is 88.4 Å². The SMILES string of the molecule is COCC(N=C1NC(N)(c2ccc(-n3cnc(Cl)c3)c(OC)c2)NC2=C1CCC2c1ccc(F)cc1)C1CC1. The van der Waals surface area contributed by atoms with Crippen molar-refractivity contribution < 1.29 is 13.9 Å². The molecule has 0 spiro atoms. The lowest BCUT2D eigenvalue weighted by molar-refractivity contribution is 0.173. The molecule has 0 amide bonds. The lowest BCUT2D eigenvalue weighted by atomic mass is 9.94. The van der Waals surface area contributed by atoms with Crippen molar-refractivity contribution in [3.63, 3.8) is 0 Å². The molecule has 10 heteroatoms. The van der Waals surface area contributed by atoms with Gasteiger partial charge in [0.15, 0.2) is 5.79 Å². The zero-order chi connectivity index (χ0) is 27.1. The summed E-state index contributed by atoms with van der Waals surface area (Å²) in [5, 5.41) is 7.53. The highest BCUT2D eigenvalue weighted by molar-refractivity contribution is 6.29. The van der Waals surface area contributed by atoms with Crippen molar-refractivity contribution in [3.8, 4) is 11.4 Å². The average Bonchev–Trinajstić information content (AvgIpc) is 3.56. The summed E-state index contributed by atoms with van der Waals surface area (Å²) in [7, 11) is 3.33. The minimum atomic E-state index is -1.17. The van der Waals surface area contributed by atoms with Crippen molar-refractivity contribution >= 4 is 17.4 Å². The number of allylic oxidation sites excluding steroid dienone is 1. The number of amidine groups is 1. The summed E-state index contributed by atoms with van der Waals surface area (Å²) in [5.74, 6) is 0.546. The van der Waals surface area contributed by atoms with Gasteiger partial charge in [-0.15, -0.1) is 0 Å². The molecule has 1 aliphatic heterocycles. The number of nitrogens with one attached hydrogen (secondary N) is 2. The molecule has 0 bridgehead atoms. The van der Waals surface area contributed by atoms with Gasteiger partial charge in [0.1, 0.15) is 28.9 Å². The molecule has 3 unspecified atom stereocenters. The maximum absolute atomic E-state index is 13.7. The van der Waals surface area contributed by atoms with E-state index in [1.54, 1.807) is 31.3 Å². The van der Waals surface area contributed by atoms with Crippen LogP contribution in [0.5, 0.6) is 5.75 Å². The molecule has 2 aromatic carbocycles. The number of rotatable bonds is 8. The van der Waals surface area contributed by atoms with Gasteiger partial charge in [-0.3, -0.25) is 10.7 Å². The summed E-state index contributed by atoms with van der Waals surface area (Å²) in [4.78, 5) is 9.30. The lowest BCUT2D eigenvalue weighted by Crippen LogP contribution is -2.65. The highest BCUT2D eigenvalue weighted by Gasteiger charge is 2.43. The van der Waals surface area contributed by atoms with Crippen LogP contribution >= 0.6 is 11.6 Å². The number of hydrogen-bond acceptors (Lipinski definition) is 6. The molecule has 204 valence electrons. The van der Waals surface area contributed by atoms with Crippen LogP contribution in [0, 0.1) is 11.7 Å². The van der Waals surface area contributed by atoms with Crippen LogP contribution in [0.3, 0.4) is 0 Å². The number of halogens is 2. The Bertz CT molecular complexity index is 1430. The zero-order valence-corrected chi connectivity index (χ0v) is 22.7. The predicted molar refractivity (Wildman–Crippen MR) is 148 cm³/mol. The van der Waals surface area contributed by atoms with Gasteiger partial charge in [-0.25, -0.2) is 9.37 Å². The average molecular weight is 551 g/mol. The largest absolute Gasteiger partial charge is 0.495 e. The fourth-order valence-electron chi connectivity index (χ4n) is 5.64. The van der Waals surface area contributed by atoms with Crippen LogP contribution in [0.25, 0.3) is 5.69 Å². The van der Waals surface area contributed by atoms with Gasteiger partial charge in [-0.05, 0) is 61.4 Å². The van der Waals surface area contributed by atoms with Crippen molar-refractivity contribution in [2.24, 2.45) is 16.6 Å². The van der Waals surface area contributed by atoms with Gasteiger partial charge in [-0.2, -0.15) is 0 Å². The number of ether oxygens (including phenoxy) is 2. The molecular formula is C29H32ClFN6O2. The number of nitrogens with zero attached hydrogens (tertiary/aromatic N) is 3. The van der Waals surface area contributed by atoms with Gasteiger partial charge in [0.2, 0.25) is 0 Å². The summed E-state index contributed by atoms with van der Waals surface area (Å²) in [6, 6.07) is 12.5. The molecule has 1 fully saturated rings. The van der Waals surface area contributed by atoms with Crippen LogP contribution in [0.2, 0.25) is 5.15 Å². The standard InChI is InChI=1S/C29H32ClFN6O2/c1-38-15-23(18-3-4-18)34-28-22-11-10-21(17-5-8-20(31)9-6-17)27(22)35-29(32,36-28)19-7-12-24(25(13-19)39-2)37-14-26(30)33-16-37/h5-9,12-14,16,18,21,23,35H,3-4,10-11,15,32H2,1-2H3,(H,34,36). The normalized spacial score (nSPS) is 24.3. The van der Waals surface area contributed by atoms with Gasteiger partial charge in [0.05, 0.1) is 25.4 Å². The Kier molecular flexibility index (Phi) is 6.82. The molecule has 0 saturated heterocycles. The van der Waals surface area contributed by atoms with Crippen LogP contribution in [-0.4, -0.2) is 42.3 Å². The second kappa shape index (κ2) is 10.3. The molecule has 3 atom stereocenters. The van der Waals surface area contributed by atoms with E-state index >= 15 is 0 Å². The van der Waals surface area contributed by atoms with E-state index in [0.29, 0.717) is 23.4 Å². The maximum atomic E-state index is 13.7. The number of aromatic nitrogens is 2. The third-order valence-corrected chi connectivity index (χ3v) is 8.02. The first kappa shape index (κ1) is 25.9. The lowest BCUT2D eigenvalue weighted by Gasteiger charge is -2.41. The van der Waals surface area contributed by atoms with Gasteiger partial charge in [0, 0.05) is 36.1 Å². The molecule has 0 radical (unpaired) electrons. The van der Waals surface area contributed by atoms with Gasteiger partial charge < -0.3 is 24.7 Å². The van der Waals surface area contributed by atoms with Gasteiger partial charge in [0.25, 0.3) is 0 Å². The molecule has 8 nitrogen and oxygen atoms in total. The zero-order valence-electron chi connectivity index (χ0n) is 22.0. The monoisotopic (exact) mass is 550 g/mol. The van der Waals surface area contributed by atoms with E-state index in [1.165, 1.54) is 12.1 Å². The number of nitrogens with two attached hydrogens (primary N) is 1. The highest BCUT2D eigenvalue weighted by atomic mass is 35.5. The van der Waals surface area contributed by atoms with E-state index in [4.69, 9.17) is 31.8 Å². The second-order valence-corrected chi connectivity index (χ2v) is 10.8. The molecular weight excluding hydrogens is 519 g/mol. The van der Waals surface area contributed by atoms with Crippen molar-refractivity contribution in [2.45, 2.75) is 43.4 Å². The Balaban J connectivity index is 1.42. The molecule has 1 saturated carbocycles. The summed E-state index contributed by atoms with van der Waals surface area (Å²) in [5.41, 5.74) is 11.8. The van der Waals surface area contributed by atoms with Crippen molar-refractivity contribution in [1.82, 2.24) is 20.2 Å². The Morgan fingerprint density at radius 1 is 1.18 bits per heavy atom. The van der Waals surface area contributed by atoms with Crippen molar-refractivity contribution in [2.75, 3.05) is 20.8 Å². The van der Waals surface area contributed by atoms with Crippen LogP contribution in [-0.2, 0) is 10.5 Å². The Morgan fingerprint density at radius 2 is 1.97 bits per heavy atom. The number of hydrogen-bond donors (Lipinski definition) is 3. The van der Waals surface area contributed by atoms with E-state index in [9.17, 15) is 4.39 Å². The summed E-state index contributed by atoms with van der Waals surface area (Å²) in [6.07, 6.45) is 7.37. The van der Waals surface area contributed by atoms with Gasteiger partial charge >= 0.3 is 0 Å². The smallest absolute Gasteiger partial charge is 0.190 e. The Morgan fingerprint density at radius 3 is 2.64 bits per heavy atom. The van der Waals surface area contributed by atoms with E-state index in [0.717, 1.165) is 59.6 Å². The Labute approximate surface area is 232 Å². The molecule has 3 aliphatic rings. The van der Waals surface area contributed by atoms with Gasteiger partial charge in [-0.1, -0.05) is 29.8 Å². The molecule has 4 N–H and O–H groups in total.